The van der Waals surface area contributed by atoms with E-state index < -0.39 is 12.5 Å². The van der Waals surface area contributed by atoms with E-state index >= 15 is 0 Å². The fourth-order valence-electron chi connectivity index (χ4n) is 1.35. The number of aromatic nitrogens is 1. The molecule has 1 rings (SSSR count). The van der Waals surface area contributed by atoms with Crippen LogP contribution in [0.3, 0.4) is 0 Å². The zero-order valence-electron chi connectivity index (χ0n) is 9.41. The lowest BCUT2D eigenvalue weighted by molar-refractivity contribution is 0.0983. The van der Waals surface area contributed by atoms with Crippen molar-refractivity contribution in [1.29, 1.82) is 0 Å². The van der Waals surface area contributed by atoms with Crippen molar-refractivity contribution in [2.45, 2.75) is 25.8 Å². The zero-order valence-corrected chi connectivity index (χ0v) is 9.41. The monoisotopic (exact) mass is 230 g/mol. The Balaban J connectivity index is 2.75. The molecule has 0 aliphatic rings. The molecule has 0 aliphatic heterocycles. The second-order valence-electron chi connectivity index (χ2n) is 3.40. The summed E-state index contributed by atoms with van der Waals surface area (Å²) < 4.78 is 30.4. The Morgan fingerprint density at radius 1 is 1.44 bits per heavy atom. The second kappa shape index (κ2) is 6.37. The molecule has 1 N–H and O–H groups in total. The van der Waals surface area contributed by atoms with Gasteiger partial charge >= 0.3 is 0 Å². The van der Waals surface area contributed by atoms with Crippen molar-refractivity contribution in [2.75, 3.05) is 13.7 Å². The van der Waals surface area contributed by atoms with Gasteiger partial charge in [0.15, 0.2) is 0 Å². The van der Waals surface area contributed by atoms with Crippen LogP contribution in [0.15, 0.2) is 18.3 Å². The van der Waals surface area contributed by atoms with E-state index in [1.54, 1.807) is 12.1 Å². The predicted octanol–water partition coefficient (Wildman–Crippen LogP) is 2.40. The lowest BCUT2D eigenvalue weighted by Gasteiger charge is -2.17. The topological polar surface area (TPSA) is 34.1 Å². The summed E-state index contributed by atoms with van der Waals surface area (Å²) in [6, 6.07) is 2.22. The van der Waals surface area contributed by atoms with Crippen molar-refractivity contribution in [1.82, 2.24) is 10.3 Å². The van der Waals surface area contributed by atoms with Gasteiger partial charge in [-0.15, -0.1) is 0 Å². The van der Waals surface area contributed by atoms with Crippen molar-refractivity contribution < 1.29 is 13.5 Å². The van der Waals surface area contributed by atoms with E-state index in [1.807, 2.05) is 6.92 Å². The van der Waals surface area contributed by atoms with Gasteiger partial charge in [0.1, 0.15) is 0 Å². The molecule has 0 saturated carbocycles. The Labute approximate surface area is 93.8 Å². The van der Waals surface area contributed by atoms with E-state index in [2.05, 4.69) is 10.3 Å². The molecule has 1 atom stereocenters. The van der Waals surface area contributed by atoms with E-state index in [0.717, 1.165) is 6.42 Å². The number of nitrogens with zero attached hydrogens (tertiary/aromatic N) is 1. The Hall–Kier alpha value is -1.23. The van der Waals surface area contributed by atoms with E-state index in [9.17, 15) is 8.78 Å². The molecule has 0 aliphatic carbocycles. The average Bonchev–Trinajstić information content (AvgIpc) is 2.30. The number of pyridine rings is 1. The van der Waals surface area contributed by atoms with Crippen LogP contribution in [0.1, 0.15) is 24.9 Å². The van der Waals surface area contributed by atoms with Crippen molar-refractivity contribution in [3.05, 3.63) is 23.9 Å². The second-order valence-corrected chi connectivity index (χ2v) is 3.40. The minimum atomic E-state index is -2.44. The van der Waals surface area contributed by atoms with E-state index in [4.69, 9.17) is 4.74 Å². The smallest absolute Gasteiger partial charge is 0.257 e. The number of ether oxygens (including phenoxy) is 1. The van der Waals surface area contributed by atoms with Gasteiger partial charge in [-0.3, -0.25) is 0 Å². The van der Waals surface area contributed by atoms with Crippen molar-refractivity contribution in [2.24, 2.45) is 0 Å². The number of hydrogen-bond donors (Lipinski definition) is 1. The Kier molecular flexibility index (Phi) is 5.11. The van der Waals surface area contributed by atoms with E-state index in [1.165, 1.54) is 13.3 Å². The summed E-state index contributed by atoms with van der Waals surface area (Å²) in [5, 5.41) is 2.79. The van der Waals surface area contributed by atoms with Crippen LogP contribution in [0.4, 0.5) is 8.78 Å². The quantitative estimate of drug-likeness (QED) is 0.814. The van der Waals surface area contributed by atoms with Crippen LogP contribution in [0.5, 0.6) is 5.88 Å². The van der Waals surface area contributed by atoms with Gasteiger partial charge in [-0.25, -0.2) is 13.8 Å². The highest BCUT2D eigenvalue weighted by molar-refractivity contribution is 5.21. The van der Waals surface area contributed by atoms with Crippen LogP contribution in [0, 0.1) is 0 Å². The summed E-state index contributed by atoms with van der Waals surface area (Å²) >= 11 is 0. The third-order valence-corrected chi connectivity index (χ3v) is 2.19. The van der Waals surface area contributed by atoms with Crippen LogP contribution in [0.25, 0.3) is 0 Å². The highest BCUT2D eigenvalue weighted by Gasteiger charge is 2.21. The molecule has 0 fully saturated rings. The van der Waals surface area contributed by atoms with Crippen LogP contribution in [-0.4, -0.2) is 25.1 Å². The Bertz CT molecular complexity index is 303. The van der Waals surface area contributed by atoms with Gasteiger partial charge in [0, 0.05) is 12.3 Å². The first-order valence-electron chi connectivity index (χ1n) is 5.20. The number of methoxy groups -OCH3 is 1. The molecule has 16 heavy (non-hydrogen) atoms. The zero-order chi connectivity index (χ0) is 12.0. The number of nitrogens with one attached hydrogen (secondary N) is 1. The third kappa shape index (κ3) is 3.41. The van der Waals surface area contributed by atoms with Crippen LogP contribution < -0.4 is 10.1 Å². The molecular formula is C11H16F2N2O. The molecule has 1 aromatic rings. The summed E-state index contributed by atoms with van der Waals surface area (Å²) in [7, 11) is 1.49. The molecule has 90 valence electrons. The molecule has 0 saturated heterocycles. The van der Waals surface area contributed by atoms with Gasteiger partial charge in [-0.2, -0.15) is 0 Å². The van der Waals surface area contributed by atoms with Crippen molar-refractivity contribution >= 4 is 0 Å². The SMILES string of the molecule is CCCNC(c1ccc(OC)nc1)C(F)F. The molecule has 1 unspecified atom stereocenters. The maximum absolute atomic E-state index is 12.8. The van der Waals surface area contributed by atoms with Gasteiger partial charge < -0.3 is 10.1 Å². The molecule has 5 heteroatoms. The number of hydrogen-bond acceptors (Lipinski definition) is 3. The lowest BCUT2D eigenvalue weighted by atomic mass is 10.1. The molecular weight excluding hydrogens is 214 g/mol. The first-order valence-corrected chi connectivity index (χ1v) is 5.20. The largest absolute Gasteiger partial charge is 0.481 e. The van der Waals surface area contributed by atoms with Crippen LogP contribution in [0.2, 0.25) is 0 Å². The Morgan fingerprint density at radius 3 is 2.62 bits per heavy atom. The standard InChI is InChI=1S/C11H16F2N2O/c1-3-6-14-10(11(12)13)8-4-5-9(16-2)15-7-8/h4-5,7,10-11,14H,3,6H2,1-2H3. The fraction of sp³-hybridized carbons (Fsp3) is 0.545. The maximum Gasteiger partial charge on any atom is 0.257 e. The highest BCUT2D eigenvalue weighted by atomic mass is 19.3. The molecule has 3 nitrogen and oxygen atoms in total. The van der Waals surface area contributed by atoms with Crippen LogP contribution in [-0.2, 0) is 0 Å². The summed E-state index contributed by atoms with van der Waals surface area (Å²) in [6.07, 6.45) is -0.216. The molecule has 0 radical (unpaired) electrons. The molecule has 0 bridgehead atoms. The molecule has 1 aromatic heterocycles. The van der Waals surface area contributed by atoms with Crippen molar-refractivity contribution in [3.63, 3.8) is 0 Å². The van der Waals surface area contributed by atoms with Crippen molar-refractivity contribution in [3.8, 4) is 5.88 Å². The van der Waals surface area contributed by atoms with Gasteiger partial charge in [-0.05, 0) is 18.5 Å². The van der Waals surface area contributed by atoms with Gasteiger partial charge in [0.05, 0.1) is 13.2 Å². The Morgan fingerprint density at radius 2 is 2.19 bits per heavy atom. The molecule has 0 aromatic carbocycles. The van der Waals surface area contributed by atoms with E-state index in [0.29, 0.717) is 18.0 Å². The first-order chi connectivity index (χ1) is 7.69. The minimum Gasteiger partial charge on any atom is -0.481 e. The highest BCUT2D eigenvalue weighted by Crippen LogP contribution is 2.21. The van der Waals surface area contributed by atoms with Gasteiger partial charge in [0.25, 0.3) is 6.43 Å². The summed E-state index contributed by atoms with van der Waals surface area (Å²) in [6.45, 7) is 2.49. The average molecular weight is 230 g/mol. The van der Waals surface area contributed by atoms with Crippen LogP contribution >= 0.6 is 0 Å². The summed E-state index contributed by atoms with van der Waals surface area (Å²) in [5.41, 5.74) is 0.476. The molecule has 0 amide bonds. The maximum atomic E-state index is 12.8. The van der Waals surface area contributed by atoms with E-state index in [-0.39, 0.29) is 0 Å². The van der Waals surface area contributed by atoms with Gasteiger partial charge in [-0.1, -0.05) is 13.0 Å². The number of rotatable bonds is 6. The summed E-state index contributed by atoms with van der Waals surface area (Å²) in [4.78, 5) is 3.91. The molecule has 1 heterocycles. The number of halogens is 2. The predicted molar refractivity (Wildman–Crippen MR) is 57.8 cm³/mol. The third-order valence-electron chi connectivity index (χ3n) is 2.19. The lowest BCUT2D eigenvalue weighted by Crippen LogP contribution is -2.28. The molecule has 0 spiro atoms. The summed E-state index contributed by atoms with van der Waals surface area (Å²) in [5.74, 6) is 0.423. The number of alkyl halides is 2. The normalized spacial score (nSPS) is 12.8. The van der Waals surface area contributed by atoms with Gasteiger partial charge in [0.2, 0.25) is 5.88 Å². The fourth-order valence-corrected chi connectivity index (χ4v) is 1.35. The minimum absolute atomic E-state index is 0.423. The first kappa shape index (κ1) is 12.8.